The molecule has 1 atom stereocenters. The Hall–Kier alpha value is -2.46. The summed E-state index contributed by atoms with van der Waals surface area (Å²) in [5.74, 6) is 0.833. The van der Waals surface area contributed by atoms with E-state index in [-0.39, 0.29) is 6.10 Å². The second-order valence-corrected chi connectivity index (χ2v) is 5.92. The van der Waals surface area contributed by atoms with Crippen LogP contribution in [0, 0.1) is 0 Å². The molecule has 1 aliphatic heterocycles. The standard InChI is InChI=1S/C21H28N2O2/c1-5-9-22(10-6-2)18-13-19(23(11-7-3)12-8-4)15-20(14-18)24-16-21-17-25-21/h5-8,13-15,21H,1-4,9-12,16-17H2. The van der Waals surface area contributed by atoms with E-state index >= 15 is 0 Å². The zero-order chi connectivity index (χ0) is 18.1. The molecule has 0 aromatic heterocycles. The monoisotopic (exact) mass is 340 g/mol. The van der Waals surface area contributed by atoms with Crippen molar-refractivity contribution < 1.29 is 9.47 Å². The molecule has 4 nitrogen and oxygen atoms in total. The predicted octanol–water partition coefficient (Wildman–Crippen LogP) is 3.82. The van der Waals surface area contributed by atoms with Crippen LogP contribution in [0.4, 0.5) is 11.4 Å². The van der Waals surface area contributed by atoms with Crippen molar-refractivity contribution in [2.45, 2.75) is 6.10 Å². The van der Waals surface area contributed by atoms with Crippen molar-refractivity contribution in [3.05, 3.63) is 68.8 Å². The number of benzene rings is 1. The Morgan fingerprint density at radius 2 is 1.32 bits per heavy atom. The summed E-state index contributed by atoms with van der Waals surface area (Å²) in [5.41, 5.74) is 2.14. The number of ether oxygens (including phenoxy) is 2. The fourth-order valence-electron chi connectivity index (χ4n) is 2.56. The van der Waals surface area contributed by atoms with E-state index in [0.29, 0.717) is 6.61 Å². The van der Waals surface area contributed by atoms with Gasteiger partial charge in [-0.15, -0.1) is 26.3 Å². The van der Waals surface area contributed by atoms with Gasteiger partial charge in [0.1, 0.15) is 18.5 Å². The lowest BCUT2D eigenvalue weighted by Crippen LogP contribution is -2.26. The van der Waals surface area contributed by atoms with Crippen molar-refractivity contribution in [2.24, 2.45) is 0 Å². The average Bonchev–Trinajstić information content (AvgIpc) is 3.44. The van der Waals surface area contributed by atoms with Gasteiger partial charge in [-0.05, 0) is 6.07 Å². The van der Waals surface area contributed by atoms with Gasteiger partial charge >= 0.3 is 0 Å². The summed E-state index contributed by atoms with van der Waals surface area (Å²) in [6, 6.07) is 6.26. The molecule has 0 bridgehead atoms. The summed E-state index contributed by atoms with van der Waals surface area (Å²) in [6.07, 6.45) is 7.78. The molecular weight excluding hydrogens is 312 g/mol. The summed E-state index contributed by atoms with van der Waals surface area (Å²) >= 11 is 0. The smallest absolute Gasteiger partial charge is 0.123 e. The lowest BCUT2D eigenvalue weighted by atomic mass is 10.2. The van der Waals surface area contributed by atoms with Crippen LogP contribution in [0.25, 0.3) is 0 Å². The minimum Gasteiger partial charge on any atom is -0.491 e. The SMILES string of the molecule is C=CCN(CC=C)c1cc(OCC2CO2)cc(N(CC=C)CC=C)c1. The highest BCUT2D eigenvalue weighted by Gasteiger charge is 2.23. The summed E-state index contributed by atoms with van der Waals surface area (Å²) in [5, 5.41) is 0. The van der Waals surface area contributed by atoms with Crippen molar-refractivity contribution in [3.63, 3.8) is 0 Å². The first kappa shape index (κ1) is 18.9. The Morgan fingerprint density at radius 1 is 0.880 bits per heavy atom. The lowest BCUT2D eigenvalue weighted by Gasteiger charge is -2.27. The number of hydrogen-bond donors (Lipinski definition) is 0. The molecule has 0 radical (unpaired) electrons. The average molecular weight is 340 g/mol. The summed E-state index contributed by atoms with van der Waals surface area (Å²) in [4.78, 5) is 4.40. The Kier molecular flexibility index (Phi) is 7.36. The van der Waals surface area contributed by atoms with Crippen LogP contribution in [0.2, 0.25) is 0 Å². The Morgan fingerprint density at radius 3 is 1.68 bits per heavy atom. The third kappa shape index (κ3) is 5.84. The second kappa shape index (κ2) is 9.74. The van der Waals surface area contributed by atoms with Crippen LogP contribution in [-0.4, -0.2) is 45.5 Å². The quantitative estimate of drug-likeness (QED) is 0.403. The van der Waals surface area contributed by atoms with E-state index < -0.39 is 0 Å². The molecule has 25 heavy (non-hydrogen) atoms. The first-order chi connectivity index (χ1) is 12.2. The molecule has 2 rings (SSSR count). The third-order valence-electron chi connectivity index (χ3n) is 3.84. The summed E-state index contributed by atoms with van der Waals surface area (Å²) < 4.78 is 11.2. The van der Waals surface area contributed by atoms with Crippen molar-refractivity contribution in [3.8, 4) is 5.75 Å². The normalized spacial score (nSPS) is 15.1. The molecule has 1 unspecified atom stereocenters. The Labute approximate surface area is 151 Å². The van der Waals surface area contributed by atoms with Gasteiger partial charge in [-0.25, -0.2) is 0 Å². The molecule has 1 aliphatic rings. The summed E-state index contributed by atoms with van der Waals surface area (Å²) in [7, 11) is 0. The zero-order valence-corrected chi connectivity index (χ0v) is 14.9. The zero-order valence-electron chi connectivity index (χ0n) is 14.9. The largest absolute Gasteiger partial charge is 0.491 e. The number of nitrogens with zero attached hydrogens (tertiary/aromatic N) is 2. The molecule has 134 valence electrons. The highest BCUT2D eigenvalue weighted by molar-refractivity contribution is 5.64. The van der Waals surface area contributed by atoms with Crippen LogP contribution in [0.15, 0.2) is 68.8 Å². The Balaban J connectivity index is 2.33. The van der Waals surface area contributed by atoms with Crippen molar-refractivity contribution >= 4 is 11.4 Å². The predicted molar refractivity (Wildman–Crippen MR) is 107 cm³/mol. The number of rotatable bonds is 13. The van der Waals surface area contributed by atoms with E-state index in [2.05, 4.69) is 54.3 Å². The molecule has 1 saturated heterocycles. The van der Waals surface area contributed by atoms with Crippen LogP contribution in [0.3, 0.4) is 0 Å². The molecular formula is C21H28N2O2. The highest BCUT2D eigenvalue weighted by atomic mass is 16.6. The van der Waals surface area contributed by atoms with E-state index in [9.17, 15) is 0 Å². The fraction of sp³-hybridized carbons (Fsp3) is 0.333. The minimum atomic E-state index is 0.224. The molecule has 0 aliphatic carbocycles. The van der Waals surface area contributed by atoms with Crippen LogP contribution >= 0.6 is 0 Å². The molecule has 1 aromatic rings. The maximum atomic E-state index is 5.94. The van der Waals surface area contributed by atoms with Crippen LogP contribution in [0.1, 0.15) is 0 Å². The van der Waals surface area contributed by atoms with Crippen LogP contribution < -0.4 is 14.5 Å². The lowest BCUT2D eigenvalue weighted by molar-refractivity contribution is 0.263. The van der Waals surface area contributed by atoms with E-state index in [1.807, 2.05) is 24.3 Å². The molecule has 0 spiro atoms. The first-order valence-corrected chi connectivity index (χ1v) is 8.54. The van der Waals surface area contributed by atoms with Gasteiger partial charge in [0.2, 0.25) is 0 Å². The van der Waals surface area contributed by atoms with E-state index in [4.69, 9.17) is 9.47 Å². The van der Waals surface area contributed by atoms with Crippen LogP contribution in [-0.2, 0) is 4.74 Å². The van der Waals surface area contributed by atoms with E-state index in [1.165, 1.54) is 0 Å². The van der Waals surface area contributed by atoms with Gasteiger partial charge < -0.3 is 19.3 Å². The maximum Gasteiger partial charge on any atom is 0.123 e. The molecule has 1 fully saturated rings. The van der Waals surface area contributed by atoms with Gasteiger partial charge in [-0.2, -0.15) is 0 Å². The summed E-state index contributed by atoms with van der Waals surface area (Å²) in [6.45, 7) is 19.7. The van der Waals surface area contributed by atoms with Gasteiger partial charge in [0.25, 0.3) is 0 Å². The fourth-order valence-corrected chi connectivity index (χ4v) is 2.56. The number of hydrogen-bond acceptors (Lipinski definition) is 4. The van der Waals surface area contributed by atoms with Gasteiger partial charge in [0, 0.05) is 49.7 Å². The van der Waals surface area contributed by atoms with Crippen molar-refractivity contribution in [2.75, 3.05) is 49.2 Å². The maximum absolute atomic E-state index is 5.94. The molecule has 0 amide bonds. The van der Waals surface area contributed by atoms with Gasteiger partial charge in [-0.3, -0.25) is 0 Å². The van der Waals surface area contributed by atoms with E-state index in [0.717, 1.165) is 49.9 Å². The van der Waals surface area contributed by atoms with E-state index in [1.54, 1.807) is 0 Å². The molecule has 1 heterocycles. The molecule has 0 saturated carbocycles. The number of anilines is 2. The van der Waals surface area contributed by atoms with Gasteiger partial charge in [-0.1, -0.05) is 24.3 Å². The van der Waals surface area contributed by atoms with Gasteiger partial charge in [0.05, 0.1) is 6.61 Å². The van der Waals surface area contributed by atoms with Crippen molar-refractivity contribution in [1.29, 1.82) is 0 Å². The second-order valence-electron chi connectivity index (χ2n) is 5.92. The molecule has 4 heteroatoms. The highest BCUT2D eigenvalue weighted by Crippen LogP contribution is 2.30. The molecule has 1 aromatic carbocycles. The minimum absolute atomic E-state index is 0.224. The van der Waals surface area contributed by atoms with Gasteiger partial charge in [0.15, 0.2) is 0 Å². The first-order valence-electron chi connectivity index (χ1n) is 8.54. The Bertz CT molecular complexity index is 546. The van der Waals surface area contributed by atoms with Crippen molar-refractivity contribution in [1.82, 2.24) is 0 Å². The van der Waals surface area contributed by atoms with Crippen LogP contribution in [0.5, 0.6) is 5.75 Å². The molecule has 0 N–H and O–H groups in total. The third-order valence-corrected chi connectivity index (χ3v) is 3.84. The topological polar surface area (TPSA) is 28.2 Å². The number of epoxide rings is 1.